The first-order valence-electron chi connectivity index (χ1n) is 7.61. The maximum atomic E-state index is 12.4. The normalized spacial score (nSPS) is 9.85. The van der Waals surface area contributed by atoms with Crippen molar-refractivity contribution in [2.45, 2.75) is 11.8 Å². The number of H-pyrrole nitrogens is 1. The number of nitrogens with zero attached hydrogens (tertiary/aromatic N) is 2. The summed E-state index contributed by atoms with van der Waals surface area (Å²) in [7, 11) is 0. The van der Waals surface area contributed by atoms with Crippen molar-refractivity contribution < 1.29 is 11.0 Å². The minimum Gasteiger partial charge on any atom is -0.412 e. The zero-order valence-corrected chi connectivity index (χ0v) is 15.6. The van der Waals surface area contributed by atoms with Crippen molar-refractivity contribution in [3.05, 3.63) is 76.7 Å². The molecule has 27 heavy (non-hydrogen) atoms. The summed E-state index contributed by atoms with van der Waals surface area (Å²) in [4.78, 5) is 16.1. The molecule has 0 unspecified atom stereocenters. The minimum atomic E-state index is -0.141. The third kappa shape index (κ3) is 3.79. The summed E-state index contributed by atoms with van der Waals surface area (Å²) in [5.41, 5.74) is 4.27. The minimum absolute atomic E-state index is 0. The van der Waals surface area contributed by atoms with E-state index in [1.165, 1.54) is 0 Å². The number of hydrogen-bond donors (Lipinski definition) is 3. The zero-order chi connectivity index (χ0) is 16.7. The largest absolute Gasteiger partial charge is 0.412 e. The molecule has 2 aromatic heterocycles. The summed E-state index contributed by atoms with van der Waals surface area (Å²) in [5.74, 6) is 0. The lowest BCUT2D eigenvalue weighted by molar-refractivity contribution is 0.823. The number of thiol groups is 1. The van der Waals surface area contributed by atoms with Crippen LogP contribution in [0.1, 0.15) is 5.56 Å². The number of fused-ring (bicyclic) bond motifs is 1. The van der Waals surface area contributed by atoms with Gasteiger partial charge in [0.2, 0.25) is 0 Å². The van der Waals surface area contributed by atoms with Crippen molar-refractivity contribution in [3.63, 3.8) is 0 Å². The van der Waals surface area contributed by atoms with Crippen molar-refractivity contribution in [2.24, 2.45) is 0 Å². The number of benzene rings is 2. The number of aromatic amines is 1. The van der Waals surface area contributed by atoms with Gasteiger partial charge in [0, 0.05) is 16.7 Å². The van der Waals surface area contributed by atoms with E-state index < -0.39 is 0 Å². The van der Waals surface area contributed by atoms with E-state index in [4.69, 9.17) is 5.10 Å². The van der Waals surface area contributed by atoms with Crippen LogP contribution in [0.15, 0.2) is 70.5 Å². The SMILES string of the molecule is Cc1ccccc1-n1nc(-c2ccc(S)cc2)c2c(=O)[nH]ccc21.N.O.O. The fourth-order valence-corrected chi connectivity index (χ4v) is 3.03. The summed E-state index contributed by atoms with van der Waals surface area (Å²) in [6.45, 7) is 2.03. The molecule has 0 saturated heterocycles. The molecule has 8 heteroatoms. The predicted octanol–water partition coefficient (Wildman–Crippen LogP) is 2.49. The average molecular weight is 386 g/mol. The lowest BCUT2D eigenvalue weighted by atomic mass is 10.1. The quantitative estimate of drug-likeness (QED) is 0.454. The monoisotopic (exact) mass is 386 g/mol. The molecule has 8 N–H and O–H groups in total. The van der Waals surface area contributed by atoms with Gasteiger partial charge in [-0.3, -0.25) is 4.79 Å². The summed E-state index contributed by atoms with van der Waals surface area (Å²) in [5, 5.41) is 5.34. The van der Waals surface area contributed by atoms with E-state index in [1.54, 1.807) is 6.20 Å². The Morgan fingerprint density at radius 2 is 1.67 bits per heavy atom. The van der Waals surface area contributed by atoms with Gasteiger partial charge in [0.25, 0.3) is 5.56 Å². The summed E-state index contributed by atoms with van der Waals surface area (Å²) in [6, 6.07) is 17.5. The zero-order valence-electron chi connectivity index (χ0n) is 14.7. The molecule has 0 bridgehead atoms. The van der Waals surface area contributed by atoms with Crippen LogP contribution in [-0.4, -0.2) is 25.7 Å². The highest BCUT2D eigenvalue weighted by atomic mass is 32.1. The van der Waals surface area contributed by atoms with Crippen LogP contribution in [0.5, 0.6) is 0 Å². The third-order valence-electron chi connectivity index (χ3n) is 4.09. The highest BCUT2D eigenvalue weighted by molar-refractivity contribution is 7.80. The fraction of sp³-hybridized carbons (Fsp3) is 0.0526. The number of nitrogens with one attached hydrogen (secondary N) is 1. The summed E-state index contributed by atoms with van der Waals surface area (Å²) >= 11 is 4.32. The molecule has 2 aromatic carbocycles. The van der Waals surface area contributed by atoms with Crippen LogP contribution in [-0.2, 0) is 0 Å². The summed E-state index contributed by atoms with van der Waals surface area (Å²) in [6.07, 6.45) is 1.65. The average Bonchev–Trinajstić information content (AvgIpc) is 2.97. The van der Waals surface area contributed by atoms with Crippen LogP contribution in [0.25, 0.3) is 27.8 Å². The maximum Gasteiger partial charge on any atom is 0.259 e. The number of pyridine rings is 1. The van der Waals surface area contributed by atoms with Gasteiger partial charge in [-0.15, -0.1) is 12.6 Å². The highest BCUT2D eigenvalue weighted by Crippen LogP contribution is 2.28. The number of aromatic nitrogens is 3. The molecule has 0 amide bonds. The molecule has 2 heterocycles. The smallest absolute Gasteiger partial charge is 0.259 e. The van der Waals surface area contributed by atoms with Gasteiger partial charge in [-0.1, -0.05) is 30.3 Å². The van der Waals surface area contributed by atoms with E-state index in [9.17, 15) is 4.79 Å². The van der Waals surface area contributed by atoms with Gasteiger partial charge in [0.1, 0.15) is 5.69 Å². The van der Waals surface area contributed by atoms with Crippen molar-refractivity contribution in [3.8, 4) is 16.9 Å². The molecule has 7 nitrogen and oxygen atoms in total. The Hall–Kier alpha value is -2.91. The van der Waals surface area contributed by atoms with E-state index in [0.717, 1.165) is 27.2 Å². The first kappa shape index (κ1) is 22.1. The first-order chi connectivity index (χ1) is 11.6. The Balaban J connectivity index is 0.00000121. The molecular weight excluding hydrogens is 364 g/mol. The molecule has 4 rings (SSSR count). The van der Waals surface area contributed by atoms with Crippen LogP contribution in [0, 0.1) is 6.92 Å². The van der Waals surface area contributed by atoms with E-state index in [1.807, 2.05) is 66.2 Å². The van der Waals surface area contributed by atoms with E-state index >= 15 is 0 Å². The molecule has 142 valence electrons. The van der Waals surface area contributed by atoms with Gasteiger partial charge in [-0.25, -0.2) is 4.68 Å². The Bertz CT molecular complexity index is 1100. The molecule has 0 atom stereocenters. The predicted molar refractivity (Wildman–Crippen MR) is 111 cm³/mol. The van der Waals surface area contributed by atoms with Gasteiger partial charge in [-0.05, 0) is 36.8 Å². The molecule has 0 radical (unpaired) electrons. The van der Waals surface area contributed by atoms with Gasteiger partial charge in [0.05, 0.1) is 16.6 Å². The van der Waals surface area contributed by atoms with Gasteiger partial charge < -0.3 is 22.1 Å². The highest BCUT2D eigenvalue weighted by Gasteiger charge is 2.17. The molecule has 0 spiro atoms. The van der Waals surface area contributed by atoms with Crippen molar-refractivity contribution in [1.82, 2.24) is 20.9 Å². The fourth-order valence-electron chi connectivity index (χ4n) is 2.88. The summed E-state index contributed by atoms with van der Waals surface area (Å²) < 4.78 is 1.84. The van der Waals surface area contributed by atoms with Gasteiger partial charge in [0.15, 0.2) is 0 Å². The maximum absolute atomic E-state index is 12.4. The second-order valence-corrected chi connectivity index (χ2v) is 6.18. The molecule has 0 aliphatic heterocycles. The van der Waals surface area contributed by atoms with E-state index in [0.29, 0.717) is 11.1 Å². The number of hydrogen-bond acceptors (Lipinski definition) is 4. The Kier molecular flexibility index (Phi) is 7.09. The Morgan fingerprint density at radius 3 is 2.33 bits per heavy atom. The molecule has 0 aliphatic rings. The molecular formula is C19H22N4O3S. The van der Waals surface area contributed by atoms with E-state index in [2.05, 4.69) is 17.6 Å². The number of aryl methyl sites for hydroxylation is 1. The van der Waals surface area contributed by atoms with Crippen LogP contribution >= 0.6 is 12.6 Å². The van der Waals surface area contributed by atoms with Crippen molar-refractivity contribution in [2.75, 3.05) is 0 Å². The molecule has 0 fully saturated rings. The Morgan fingerprint density at radius 1 is 1.00 bits per heavy atom. The Labute approximate surface area is 161 Å². The van der Waals surface area contributed by atoms with E-state index in [-0.39, 0.29) is 22.7 Å². The van der Waals surface area contributed by atoms with Gasteiger partial charge in [-0.2, -0.15) is 5.10 Å². The molecule has 0 aliphatic carbocycles. The topological polar surface area (TPSA) is 149 Å². The van der Waals surface area contributed by atoms with Crippen molar-refractivity contribution in [1.29, 1.82) is 0 Å². The lowest BCUT2D eigenvalue weighted by Gasteiger charge is -2.06. The molecule has 4 aromatic rings. The standard InChI is InChI=1S/C19H15N3OS.H3N.2H2O/c1-12-4-2-3-5-15(12)22-16-10-11-20-19(23)17(16)18(21-22)13-6-8-14(24)9-7-13;;;/h2-11,24H,1H3,(H,20,23);1H3;2*1H2. The van der Waals surface area contributed by atoms with Crippen LogP contribution < -0.4 is 11.7 Å². The second kappa shape index (κ2) is 8.65. The first-order valence-corrected chi connectivity index (χ1v) is 8.06. The van der Waals surface area contributed by atoms with Crippen LogP contribution in [0.3, 0.4) is 0 Å². The van der Waals surface area contributed by atoms with Crippen molar-refractivity contribution >= 4 is 23.5 Å². The van der Waals surface area contributed by atoms with Crippen LogP contribution in [0.4, 0.5) is 0 Å². The van der Waals surface area contributed by atoms with Crippen LogP contribution in [0.2, 0.25) is 0 Å². The lowest BCUT2D eigenvalue weighted by Crippen LogP contribution is -2.05. The number of rotatable bonds is 2. The number of para-hydroxylation sites is 1. The third-order valence-corrected chi connectivity index (χ3v) is 4.39. The second-order valence-electron chi connectivity index (χ2n) is 5.66. The van der Waals surface area contributed by atoms with Gasteiger partial charge >= 0.3 is 0 Å². The molecule has 0 saturated carbocycles.